The van der Waals surface area contributed by atoms with Gasteiger partial charge in [0.15, 0.2) is 0 Å². The first-order chi connectivity index (χ1) is 10.1. The van der Waals surface area contributed by atoms with Crippen LogP contribution in [0.1, 0.15) is 43.0 Å². The van der Waals surface area contributed by atoms with Crippen molar-refractivity contribution in [2.45, 2.75) is 44.8 Å². The van der Waals surface area contributed by atoms with E-state index in [-0.39, 0.29) is 18.1 Å². The number of methoxy groups -OCH3 is 1. The minimum absolute atomic E-state index is 0.111. The number of aromatic nitrogens is 1. The van der Waals surface area contributed by atoms with E-state index in [2.05, 4.69) is 22.5 Å². The molecule has 2 rings (SSSR count). The highest BCUT2D eigenvalue weighted by Gasteiger charge is 2.26. The van der Waals surface area contributed by atoms with Crippen LogP contribution in [0.15, 0.2) is 12.1 Å². The number of hydrogen-bond acceptors (Lipinski definition) is 4. The SMILES string of the molecule is CCCNc1cc(C(=O)NC2CCC(OC)C2)cc(Cl)n1. The summed E-state index contributed by atoms with van der Waals surface area (Å²) in [7, 11) is 1.71. The number of carbonyl (C=O) groups excluding carboxylic acids is 1. The van der Waals surface area contributed by atoms with Gasteiger partial charge in [-0.15, -0.1) is 0 Å². The zero-order chi connectivity index (χ0) is 15.2. The minimum Gasteiger partial charge on any atom is -0.381 e. The molecule has 0 spiro atoms. The molecular formula is C15H22ClN3O2. The van der Waals surface area contributed by atoms with Gasteiger partial charge in [0.2, 0.25) is 0 Å². The normalized spacial score (nSPS) is 21.3. The maximum Gasteiger partial charge on any atom is 0.251 e. The van der Waals surface area contributed by atoms with Crippen molar-refractivity contribution in [3.05, 3.63) is 22.8 Å². The number of anilines is 1. The van der Waals surface area contributed by atoms with Gasteiger partial charge < -0.3 is 15.4 Å². The first kappa shape index (κ1) is 16.0. The van der Waals surface area contributed by atoms with Crippen molar-refractivity contribution in [1.29, 1.82) is 0 Å². The lowest BCUT2D eigenvalue weighted by atomic mass is 10.2. The number of carbonyl (C=O) groups is 1. The molecule has 0 bridgehead atoms. The molecule has 0 radical (unpaired) electrons. The lowest BCUT2D eigenvalue weighted by Crippen LogP contribution is -2.33. The van der Waals surface area contributed by atoms with Crippen molar-refractivity contribution in [1.82, 2.24) is 10.3 Å². The predicted molar refractivity (Wildman–Crippen MR) is 83.9 cm³/mol. The van der Waals surface area contributed by atoms with Gasteiger partial charge in [-0.25, -0.2) is 4.98 Å². The molecule has 2 atom stereocenters. The van der Waals surface area contributed by atoms with Gasteiger partial charge in [0.1, 0.15) is 11.0 Å². The van der Waals surface area contributed by atoms with E-state index in [4.69, 9.17) is 16.3 Å². The molecule has 2 unspecified atom stereocenters. The zero-order valence-electron chi connectivity index (χ0n) is 12.5. The van der Waals surface area contributed by atoms with Crippen LogP contribution in [0.5, 0.6) is 0 Å². The first-order valence-corrected chi connectivity index (χ1v) is 7.75. The van der Waals surface area contributed by atoms with Crippen LogP contribution >= 0.6 is 11.6 Å². The van der Waals surface area contributed by atoms with E-state index in [1.807, 2.05) is 0 Å². The average molecular weight is 312 g/mol. The molecule has 2 N–H and O–H groups in total. The lowest BCUT2D eigenvalue weighted by Gasteiger charge is -2.14. The molecule has 1 aliphatic carbocycles. The molecule has 116 valence electrons. The number of rotatable bonds is 6. The van der Waals surface area contributed by atoms with E-state index in [1.54, 1.807) is 19.2 Å². The predicted octanol–water partition coefficient (Wildman–Crippen LogP) is 2.85. The largest absolute Gasteiger partial charge is 0.381 e. The Morgan fingerprint density at radius 3 is 2.95 bits per heavy atom. The summed E-state index contributed by atoms with van der Waals surface area (Å²) in [5.74, 6) is 0.524. The van der Waals surface area contributed by atoms with Crippen molar-refractivity contribution < 1.29 is 9.53 Å². The van der Waals surface area contributed by atoms with Crippen LogP contribution in [0.25, 0.3) is 0 Å². The fraction of sp³-hybridized carbons (Fsp3) is 0.600. The molecule has 5 nitrogen and oxygen atoms in total. The Morgan fingerprint density at radius 1 is 1.48 bits per heavy atom. The molecule has 0 aliphatic heterocycles. The Labute approximate surface area is 130 Å². The molecule has 1 aromatic rings. The number of nitrogens with zero attached hydrogens (tertiary/aromatic N) is 1. The van der Waals surface area contributed by atoms with Crippen LogP contribution in [0.2, 0.25) is 5.15 Å². The Kier molecular flexibility index (Phi) is 5.82. The number of ether oxygens (including phenoxy) is 1. The van der Waals surface area contributed by atoms with Gasteiger partial charge in [-0.1, -0.05) is 18.5 Å². The number of nitrogens with one attached hydrogen (secondary N) is 2. The molecule has 0 saturated heterocycles. The van der Waals surface area contributed by atoms with Crippen molar-refractivity contribution in [2.75, 3.05) is 19.0 Å². The van der Waals surface area contributed by atoms with Gasteiger partial charge in [-0.05, 0) is 37.8 Å². The maximum atomic E-state index is 12.3. The van der Waals surface area contributed by atoms with E-state index < -0.39 is 0 Å². The first-order valence-electron chi connectivity index (χ1n) is 7.37. The molecule has 21 heavy (non-hydrogen) atoms. The summed E-state index contributed by atoms with van der Waals surface area (Å²) in [4.78, 5) is 16.5. The second kappa shape index (κ2) is 7.61. The molecule has 1 saturated carbocycles. The Hall–Kier alpha value is -1.33. The summed E-state index contributed by atoms with van der Waals surface area (Å²) in [5, 5.41) is 6.50. The summed E-state index contributed by atoms with van der Waals surface area (Å²) < 4.78 is 5.32. The van der Waals surface area contributed by atoms with Gasteiger partial charge >= 0.3 is 0 Å². The van der Waals surface area contributed by atoms with Gasteiger partial charge in [0.25, 0.3) is 5.91 Å². The Balaban J connectivity index is 2.00. The molecule has 1 fully saturated rings. The lowest BCUT2D eigenvalue weighted by molar-refractivity contribution is 0.0915. The third kappa shape index (κ3) is 4.58. The van der Waals surface area contributed by atoms with Crippen LogP contribution in [-0.2, 0) is 4.74 Å². The Bertz CT molecular complexity index is 496. The average Bonchev–Trinajstić information content (AvgIpc) is 2.92. The van der Waals surface area contributed by atoms with E-state index in [0.29, 0.717) is 16.5 Å². The number of hydrogen-bond donors (Lipinski definition) is 2. The van der Waals surface area contributed by atoms with Crippen molar-refractivity contribution in [3.8, 4) is 0 Å². The zero-order valence-corrected chi connectivity index (χ0v) is 13.2. The van der Waals surface area contributed by atoms with Crippen LogP contribution in [-0.4, -0.2) is 36.7 Å². The van der Waals surface area contributed by atoms with Gasteiger partial charge in [-0.3, -0.25) is 4.79 Å². The third-order valence-electron chi connectivity index (χ3n) is 3.67. The van der Waals surface area contributed by atoms with E-state index >= 15 is 0 Å². The van der Waals surface area contributed by atoms with E-state index in [0.717, 1.165) is 32.2 Å². The molecular weight excluding hydrogens is 290 g/mol. The molecule has 0 aromatic carbocycles. The maximum absolute atomic E-state index is 12.3. The van der Waals surface area contributed by atoms with Gasteiger partial charge in [0.05, 0.1) is 6.10 Å². The highest BCUT2D eigenvalue weighted by Crippen LogP contribution is 2.22. The number of pyridine rings is 1. The number of halogens is 1. The highest BCUT2D eigenvalue weighted by atomic mass is 35.5. The third-order valence-corrected chi connectivity index (χ3v) is 3.86. The molecule has 1 aromatic heterocycles. The number of amides is 1. The van der Waals surface area contributed by atoms with Gasteiger partial charge in [0, 0.05) is 25.3 Å². The van der Waals surface area contributed by atoms with Crippen molar-refractivity contribution in [3.63, 3.8) is 0 Å². The summed E-state index contributed by atoms with van der Waals surface area (Å²) in [5.41, 5.74) is 0.537. The van der Waals surface area contributed by atoms with Crippen molar-refractivity contribution >= 4 is 23.3 Å². The van der Waals surface area contributed by atoms with Crippen LogP contribution < -0.4 is 10.6 Å². The summed E-state index contributed by atoms with van der Waals surface area (Å²) >= 11 is 5.98. The second-order valence-electron chi connectivity index (χ2n) is 5.33. The quantitative estimate of drug-likeness (QED) is 0.793. The summed E-state index contributed by atoms with van der Waals surface area (Å²) in [6.45, 7) is 2.87. The van der Waals surface area contributed by atoms with Crippen LogP contribution in [0.4, 0.5) is 5.82 Å². The molecule has 6 heteroatoms. The fourth-order valence-corrected chi connectivity index (χ4v) is 2.73. The molecule has 1 amide bonds. The van der Waals surface area contributed by atoms with Gasteiger partial charge in [-0.2, -0.15) is 0 Å². The van der Waals surface area contributed by atoms with E-state index in [1.165, 1.54) is 0 Å². The smallest absolute Gasteiger partial charge is 0.251 e. The molecule has 1 aliphatic rings. The second-order valence-corrected chi connectivity index (χ2v) is 5.72. The topological polar surface area (TPSA) is 63.2 Å². The Morgan fingerprint density at radius 2 is 2.29 bits per heavy atom. The highest BCUT2D eigenvalue weighted by molar-refractivity contribution is 6.29. The van der Waals surface area contributed by atoms with Crippen molar-refractivity contribution in [2.24, 2.45) is 0 Å². The minimum atomic E-state index is -0.111. The summed E-state index contributed by atoms with van der Waals surface area (Å²) in [6, 6.07) is 3.50. The van der Waals surface area contributed by atoms with E-state index in [9.17, 15) is 4.79 Å². The summed E-state index contributed by atoms with van der Waals surface area (Å²) in [6.07, 6.45) is 4.03. The van der Waals surface area contributed by atoms with Crippen LogP contribution in [0.3, 0.4) is 0 Å². The monoisotopic (exact) mass is 311 g/mol. The molecule has 1 heterocycles. The van der Waals surface area contributed by atoms with Crippen LogP contribution in [0, 0.1) is 0 Å². The standard InChI is InChI=1S/C15H22ClN3O2/c1-3-6-17-14-8-10(7-13(16)19-14)15(20)18-11-4-5-12(9-11)21-2/h7-8,11-12H,3-6,9H2,1-2H3,(H,17,19)(H,18,20). The fourth-order valence-electron chi connectivity index (χ4n) is 2.53.